The van der Waals surface area contributed by atoms with Crippen LogP contribution in [-0.4, -0.2) is 9.97 Å². The molecule has 1 aromatic carbocycles. The molecule has 0 unspecified atom stereocenters. The molecule has 0 spiro atoms. The SMILES string of the molecule is CCc1ccc(-c2nc3ccc(Br)cc3[nH]2)s1. The van der Waals surface area contributed by atoms with Gasteiger partial charge >= 0.3 is 0 Å². The van der Waals surface area contributed by atoms with Crippen LogP contribution >= 0.6 is 27.3 Å². The molecular formula is C13H11BrN2S. The van der Waals surface area contributed by atoms with E-state index in [2.05, 4.69) is 51.0 Å². The van der Waals surface area contributed by atoms with Crippen LogP contribution in [0.5, 0.6) is 0 Å². The molecule has 0 aliphatic rings. The highest BCUT2D eigenvalue weighted by Crippen LogP contribution is 2.28. The molecule has 0 saturated carbocycles. The van der Waals surface area contributed by atoms with Crippen LogP contribution in [0.4, 0.5) is 0 Å². The Morgan fingerprint density at radius 2 is 2.18 bits per heavy atom. The van der Waals surface area contributed by atoms with E-state index in [1.807, 2.05) is 12.1 Å². The molecule has 0 bridgehead atoms. The summed E-state index contributed by atoms with van der Waals surface area (Å²) in [4.78, 5) is 10.6. The summed E-state index contributed by atoms with van der Waals surface area (Å²) in [6.45, 7) is 2.17. The first-order valence-corrected chi connectivity index (χ1v) is 7.11. The van der Waals surface area contributed by atoms with Gasteiger partial charge in [-0.15, -0.1) is 11.3 Å². The summed E-state index contributed by atoms with van der Waals surface area (Å²) >= 11 is 5.27. The second kappa shape index (κ2) is 4.27. The number of aryl methyl sites for hydroxylation is 1. The maximum Gasteiger partial charge on any atom is 0.148 e. The minimum Gasteiger partial charge on any atom is -0.337 e. The monoisotopic (exact) mass is 306 g/mol. The molecule has 0 radical (unpaired) electrons. The van der Waals surface area contributed by atoms with E-state index in [-0.39, 0.29) is 0 Å². The summed E-state index contributed by atoms with van der Waals surface area (Å²) in [6.07, 6.45) is 1.08. The Morgan fingerprint density at radius 1 is 1.29 bits per heavy atom. The van der Waals surface area contributed by atoms with Crippen LogP contribution in [0.3, 0.4) is 0 Å². The second-order valence-corrected chi connectivity index (χ2v) is 5.95. The minimum absolute atomic E-state index is 0.961. The van der Waals surface area contributed by atoms with Crippen molar-refractivity contribution in [1.82, 2.24) is 9.97 Å². The van der Waals surface area contributed by atoms with E-state index < -0.39 is 0 Å². The molecule has 3 aromatic rings. The van der Waals surface area contributed by atoms with E-state index in [0.29, 0.717) is 0 Å². The highest BCUT2D eigenvalue weighted by atomic mass is 79.9. The van der Waals surface area contributed by atoms with Crippen LogP contribution in [0.15, 0.2) is 34.8 Å². The van der Waals surface area contributed by atoms with Gasteiger partial charge in [0.1, 0.15) is 5.82 Å². The van der Waals surface area contributed by atoms with Gasteiger partial charge in [-0.3, -0.25) is 0 Å². The van der Waals surface area contributed by atoms with Gasteiger partial charge in [0, 0.05) is 9.35 Å². The number of hydrogen-bond acceptors (Lipinski definition) is 2. The summed E-state index contributed by atoms with van der Waals surface area (Å²) in [6, 6.07) is 10.4. The average molecular weight is 307 g/mol. The van der Waals surface area contributed by atoms with Gasteiger partial charge in [0.25, 0.3) is 0 Å². The normalized spacial score (nSPS) is 11.2. The number of aromatic amines is 1. The molecule has 0 amide bonds. The fourth-order valence-electron chi connectivity index (χ4n) is 1.79. The zero-order chi connectivity index (χ0) is 11.8. The molecule has 2 nitrogen and oxygen atoms in total. The summed E-state index contributed by atoms with van der Waals surface area (Å²) in [5.41, 5.74) is 2.08. The number of benzene rings is 1. The fraction of sp³-hybridized carbons (Fsp3) is 0.154. The van der Waals surface area contributed by atoms with Crippen molar-refractivity contribution in [3.8, 4) is 10.7 Å². The van der Waals surface area contributed by atoms with Gasteiger partial charge in [-0.05, 0) is 36.8 Å². The van der Waals surface area contributed by atoms with E-state index in [9.17, 15) is 0 Å². The molecule has 86 valence electrons. The van der Waals surface area contributed by atoms with Gasteiger partial charge in [0.05, 0.1) is 15.9 Å². The Labute approximate surface area is 112 Å². The third-order valence-corrected chi connectivity index (χ3v) is 4.42. The third-order valence-electron chi connectivity index (χ3n) is 2.69. The second-order valence-electron chi connectivity index (χ2n) is 3.87. The number of hydrogen-bond donors (Lipinski definition) is 1. The van der Waals surface area contributed by atoms with Crippen LogP contribution < -0.4 is 0 Å². The molecule has 2 heterocycles. The van der Waals surface area contributed by atoms with E-state index in [0.717, 1.165) is 27.8 Å². The molecule has 0 atom stereocenters. The third kappa shape index (κ3) is 2.03. The van der Waals surface area contributed by atoms with Gasteiger partial charge in [0.2, 0.25) is 0 Å². The number of thiophene rings is 1. The number of aromatic nitrogens is 2. The fourth-order valence-corrected chi connectivity index (χ4v) is 3.05. The van der Waals surface area contributed by atoms with Gasteiger partial charge in [0.15, 0.2) is 0 Å². The molecular weight excluding hydrogens is 296 g/mol. The van der Waals surface area contributed by atoms with Crippen molar-refractivity contribution in [2.24, 2.45) is 0 Å². The molecule has 0 saturated heterocycles. The van der Waals surface area contributed by atoms with Crippen LogP contribution in [0.25, 0.3) is 21.7 Å². The lowest BCUT2D eigenvalue weighted by atomic mass is 10.3. The van der Waals surface area contributed by atoms with Crippen molar-refractivity contribution in [2.45, 2.75) is 13.3 Å². The summed E-state index contributed by atoms with van der Waals surface area (Å²) in [5.74, 6) is 0.961. The zero-order valence-electron chi connectivity index (χ0n) is 9.33. The minimum atomic E-state index is 0.961. The van der Waals surface area contributed by atoms with E-state index in [1.54, 1.807) is 11.3 Å². The topological polar surface area (TPSA) is 28.7 Å². The number of halogens is 1. The lowest BCUT2D eigenvalue weighted by molar-refractivity contribution is 1.19. The number of nitrogens with zero attached hydrogens (tertiary/aromatic N) is 1. The molecule has 0 aliphatic carbocycles. The van der Waals surface area contributed by atoms with E-state index >= 15 is 0 Å². The quantitative estimate of drug-likeness (QED) is 0.735. The van der Waals surface area contributed by atoms with E-state index in [4.69, 9.17) is 0 Å². The van der Waals surface area contributed by atoms with E-state index in [1.165, 1.54) is 9.75 Å². The molecule has 3 rings (SSSR count). The van der Waals surface area contributed by atoms with Gasteiger partial charge < -0.3 is 4.98 Å². The van der Waals surface area contributed by atoms with Crippen LogP contribution in [0, 0.1) is 0 Å². The van der Waals surface area contributed by atoms with Crippen LogP contribution in [-0.2, 0) is 6.42 Å². The van der Waals surface area contributed by atoms with Crippen molar-refractivity contribution in [2.75, 3.05) is 0 Å². The predicted octanol–water partition coefficient (Wildman–Crippen LogP) is 4.62. The van der Waals surface area contributed by atoms with Crippen LogP contribution in [0.2, 0.25) is 0 Å². The standard InChI is InChI=1S/C13H11BrN2S/c1-2-9-4-6-12(17-9)13-15-10-5-3-8(14)7-11(10)16-13/h3-7H,2H2,1H3,(H,15,16). The first-order valence-electron chi connectivity index (χ1n) is 5.50. The number of imidazole rings is 1. The number of rotatable bonds is 2. The Balaban J connectivity index is 2.11. The molecule has 0 aliphatic heterocycles. The van der Waals surface area contributed by atoms with Gasteiger partial charge in [-0.25, -0.2) is 4.98 Å². The average Bonchev–Trinajstić information content (AvgIpc) is 2.93. The van der Waals surface area contributed by atoms with Crippen molar-refractivity contribution < 1.29 is 0 Å². The highest BCUT2D eigenvalue weighted by Gasteiger charge is 2.07. The number of nitrogens with one attached hydrogen (secondary N) is 1. The lowest BCUT2D eigenvalue weighted by Gasteiger charge is -1.88. The Morgan fingerprint density at radius 3 is 2.94 bits per heavy atom. The first-order chi connectivity index (χ1) is 8.26. The van der Waals surface area contributed by atoms with Crippen molar-refractivity contribution in [1.29, 1.82) is 0 Å². The number of fused-ring (bicyclic) bond motifs is 1. The van der Waals surface area contributed by atoms with Crippen molar-refractivity contribution >= 4 is 38.3 Å². The highest BCUT2D eigenvalue weighted by molar-refractivity contribution is 9.10. The lowest BCUT2D eigenvalue weighted by Crippen LogP contribution is -1.72. The predicted molar refractivity (Wildman–Crippen MR) is 76.5 cm³/mol. The smallest absolute Gasteiger partial charge is 0.148 e. The van der Waals surface area contributed by atoms with Gasteiger partial charge in [-0.2, -0.15) is 0 Å². The number of H-pyrrole nitrogens is 1. The molecule has 2 aromatic heterocycles. The Kier molecular flexibility index (Phi) is 2.76. The zero-order valence-corrected chi connectivity index (χ0v) is 11.7. The summed E-state index contributed by atoms with van der Waals surface area (Å²) < 4.78 is 1.07. The maximum absolute atomic E-state index is 4.61. The Bertz CT molecular complexity index is 669. The van der Waals surface area contributed by atoms with Gasteiger partial charge in [-0.1, -0.05) is 22.9 Å². The Hall–Kier alpha value is -1.13. The summed E-state index contributed by atoms with van der Waals surface area (Å²) in [5, 5.41) is 0. The molecule has 0 fully saturated rings. The largest absolute Gasteiger partial charge is 0.337 e. The molecule has 4 heteroatoms. The summed E-state index contributed by atoms with van der Waals surface area (Å²) in [7, 11) is 0. The van der Waals surface area contributed by atoms with Crippen molar-refractivity contribution in [3.05, 3.63) is 39.7 Å². The molecule has 17 heavy (non-hydrogen) atoms. The molecule has 1 N–H and O–H groups in total. The van der Waals surface area contributed by atoms with Crippen molar-refractivity contribution in [3.63, 3.8) is 0 Å². The first kappa shape index (κ1) is 11.0. The van der Waals surface area contributed by atoms with Crippen LogP contribution in [0.1, 0.15) is 11.8 Å². The maximum atomic E-state index is 4.61.